The van der Waals surface area contributed by atoms with Gasteiger partial charge in [-0.2, -0.15) is 0 Å². The lowest BCUT2D eigenvalue weighted by atomic mass is 9.95. The van der Waals surface area contributed by atoms with Gasteiger partial charge in [-0.25, -0.2) is 0 Å². The number of aryl methyl sites for hydroxylation is 1. The average molecular weight is 412 g/mol. The van der Waals surface area contributed by atoms with Gasteiger partial charge in [0.05, 0.1) is 5.56 Å². The summed E-state index contributed by atoms with van der Waals surface area (Å²) in [6.45, 7) is 1.37. The van der Waals surface area contributed by atoms with E-state index >= 15 is 0 Å². The molecule has 2 aromatic rings. The maximum absolute atomic E-state index is 12.7. The summed E-state index contributed by atoms with van der Waals surface area (Å²) in [5.41, 5.74) is 8.59. The third kappa shape index (κ3) is 4.19. The van der Waals surface area contributed by atoms with E-state index in [4.69, 9.17) is 5.73 Å². The second kappa shape index (κ2) is 8.37. The largest absolute Gasteiger partial charge is 0.365 e. The second-order valence-electron chi connectivity index (χ2n) is 7.70. The van der Waals surface area contributed by atoms with Gasteiger partial charge in [0.1, 0.15) is 5.00 Å². The predicted molar refractivity (Wildman–Crippen MR) is 113 cm³/mol. The fourth-order valence-electron chi connectivity index (χ4n) is 4.10. The topological polar surface area (TPSA) is 92.5 Å². The van der Waals surface area contributed by atoms with Gasteiger partial charge in [0.15, 0.2) is 0 Å². The minimum Gasteiger partial charge on any atom is -0.365 e. The molecule has 1 fully saturated rings. The van der Waals surface area contributed by atoms with Crippen LogP contribution < -0.4 is 11.1 Å². The number of thiophene rings is 1. The van der Waals surface area contributed by atoms with Gasteiger partial charge in [0.2, 0.25) is 5.91 Å². The lowest BCUT2D eigenvalue weighted by Crippen LogP contribution is -2.34. The highest BCUT2D eigenvalue weighted by molar-refractivity contribution is 7.17. The molecule has 152 valence electrons. The molecule has 0 unspecified atom stereocenters. The van der Waals surface area contributed by atoms with Crippen molar-refractivity contribution >= 4 is 34.1 Å². The van der Waals surface area contributed by atoms with Gasteiger partial charge >= 0.3 is 0 Å². The number of primary amides is 1. The molecular weight excluding hydrogens is 386 g/mol. The molecule has 4 rings (SSSR count). The van der Waals surface area contributed by atoms with Crippen LogP contribution in [-0.4, -0.2) is 29.2 Å². The van der Waals surface area contributed by atoms with Gasteiger partial charge in [-0.1, -0.05) is 12.1 Å². The number of hydrogen-bond donors (Lipinski definition) is 2. The Kier molecular flexibility index (Phi) is 5.67. The Morgan fingerprint density at radius 2 is 1.76 bits per heavy atom. The third-order valence-electron chi connectivity index (χ3n) is 5.66. The van der Waals surface area contributed by atoms with Crippen molar-refractivity contribution in [2.24, 2.45) is 5.73 Å². The van der Waals surface area contributed by atoms with Crippen LogP contribution >= 0.6 is 11.3 Å². The van der Waals surface area contributed by atoms with Gasteiger partial charge in [0, 0.05) is 30.0 Å². The molecule has 2 heterocycles. The number of fused-ring (bicyclic) bond motifs is 1. The standard InChI is InChI=1S/C22H25N3O3S/c23-20(27)19-16-5-1-2-6-17(16)29-22(19)24-21(28)15-10-8-14(9-11-15)13-25-12-4-3-7-18(25)26/h8-11H,1-7,12-13H2,(H2,23,27)(H,24,28). The molecule has 6 nitrogen and oxygen atoms in total. The van der Waals surface area contributed by atoms with Crippen LogP contribution in [0.1, 0.15) is 68.8 Å². The van der Waals surface area contributed by atoms with Crippen molar-refractivity contribution in [1.29, 1.82) is 0 Å². The molecule has 0 atom stereocenters. The summed E-state index contributed by atoms with van der Waals surface area (Å²) < 4.78 is 0. The number of benzene rings is 1. The summed E-state index contributed by atoms with van der Waals surface area (Å²) in [5.74, 6) is -0.549. The Labute approximate surface area is 174 Å². The Bertz CT molecular complexity index is 949. The molecule has 7 heteroatoms. The number of rotatable bonds is 5. The quantitative estimate of drug-likeness (QED) is 0.789. The van der Waals surface area contributed by atoms with Gasteiger partial charge in [0.25, 0.3) is 11.8 Å². The molecule has 1 saturated heterocycles. The van der Waals surface area contributed by atoms with Crippen molar-refractivity contribution in [3.05, 3.63) is 51.4 Å². The molecule has 1 aromatic heterocycles. The average Bonchev–Trinajstić information content (AvgIpc) is 3.08. The summed E-state index contributed by atoms with van der Waals surface area (Å²) in [6.07, 6.45) is 6.53. The fraction of sp³-hybridized carbons (Fsp3) is 0.409. The number of nitrogens with one attached hydrogen (secondary N) is 1. The summed E-state index contributed by atoms with van der Waals surface area (Å²) in [7, 11) is 0. The Balaban J connectivity index is 1.47. The van der Waals surface area contributed by atoms with Crippen LogP contribution in [0.2, 0.25) is 0 Å². The molecule has 1 aromatic carbocycles. The number of piperidine rings is 1. The van der Waals surface area contributed by atoms with E-state index in [1.54, 1.807) is 12.1 Å². The van der Waals surface area contributed by atoms with E-state index in [1.807, 2.05) is 17.0 Å². The van der Waals surface area contributed by atoms with Crippen LogP contribution in [-0.2, 0) is 24.2 Å². The van der Waals surface area contributed by atoms with Crippen LogP contribution in [0.25, 0.3) is 0 Å². The molecule has 3 amide bonds. The lowest BCUT2D eigenvalue weighted by molar-refractivity contribution is -0.133. The highest BCUT2D eigenvalue weighted by Crippen LogP contribution is 2.38. The van der Waals surface area contributed by atoms with Crippen LogP contribution in [0.3, 0.4) is 0 Å². The molecule has 1 aliphatic carbocycles. The highest BCUT2D eigenvalue weighted by Gasteiger charge is 2.25. The number of nitrogens with zero attached hydrogens (tertiary/aromatic N) is 1. The van der Waals surface area contributed by atoms with Crippen LogP contribution in [0.5, 0.6) is 0 Å². The summed E-state index contributed by atoms with van der Waals surface area (Å²) in [6, 6.07) is 7.28. The maximum atomic E-state index is 12.7. The van der Waals surface area contributed by atoms with Gasteiger partial charge in [-0.3, -0.25) is 14.4 Å². The van der Waals surface area contributed by atoms with Crippen molar-refractivity contribution in [3.63, 3.8) is 0 Å². The molecule has 1 aliphatic heterocycles. The molecule has 0 bridgehead atoms. The van der Waals surface area contributed by atoms with Crippen LogP contribution in [0.4, 0.5) is 5.00 Å². The maximum Gasteiger partial charge on any atom is 0.256 e. The van der Waals surface area contributed by atoms with E-state index in [0.29, 0.717) is 29.1 Å². The van der Waals surface area contributed by atoms with E-state index in [0.717, 1.165) is 61.1 Å². The molecule has 3 N–H and O–H groups in total. The Morgan fingerprint density at radius 1 is 1.03 bits per heavy atom. The zero-order valence-corrected chi connectivity index (χ0v) is 17.1. The van der Waals surface area contributed by atoms with E-state index in [1.165, 1.54) is 11.3 Å². The molecule has 0 saturated carbocycles. The number of amides is 3. The molecule has 29 heavy (non-hydrogen) atoms. The fourth-order valence-corrected chi connectivity index (χ4v) is 5.39. The first-order valence-electron chi connectivity index (χ1n) is 10.2. The zero-order chi connectivity index (χ0) is 20.4. The first-order chi connectivity index (χ1) is 14.0. The smallest absolute Gasteiger partial charge is 0.256 e. The van der Waals surface area contributed by atoms with Crippen molar-refractivity contribution in [2.45, 2.75) is 51.5 Å². The zero-order valence-electron chi connectivity index (χ0n) is 16.3. The van der Waals surface area contributed by atoms with Gasteiger partial charge in [-0.05, 0) is 61.8 Å². The van der Waals surface area contributed by atoms with E-state index in [2.05, 4.69) is 5.32 Å². The Hall–Kier alpha value is -2.67. The summed E-state index contributed by atoms with van der Waals surface area (Å²) in [5, 5.41) is 3.44. The van der Waals surface area contributed by atoms with Gasteiger partial charge < -0.3 is 16.0 Å². The normalized spacial score (nSPS) is 16.4. The minimum absolute atomic E-state index is 0.193. The predicted octanol–water partition coefficient (Wildman–Crippen LogP) is 3.49. The van der Waals surface area contributed by atoms with Gasteiger partial charge in [-0.15, -0.1) is 11.3 Å². The molecular formula is C22H25N3O3S. The first-order valence-corrected chi connectivity index (χ1v) is 11.0. The first kappa shape index (κ1) is 19.6. The third-order valence-corrected chi connectivity index (χ3v) is 6.86. The minimum atomic E-state index is -0.485. The van der Waals surface area contributed by atoms with E-state index in [-0.39, 0.29) is 11.8 Å². The number of carbonyl (C=O) groups excluding carboxylic acids is 3. The molecule has 2 aliphatic rings. The SMILES string of the molecule is NC(=O)c1c(NC(=O)c2ccc(CN3CCCCC3=O)cc2)sc2c1CCCC2. The number of nitrogens with two attached hydrogens (primary N) is 1. The van der Waals surface area contributed by atoms with Crippen molar-refractivity contribution in [1.82, 2.24) is 4.90 Å². The monoisotopic (exact) mass is 411 g/mol. The number of anilines is 1. The number of carbonyl (C=O) groups is 3. The highest BCUT2D eigenvalue weighted by atomic mass is 32.1. The summed E-state index contributed by atoms with van der Waals surface area (Å²) in [4.78, 5) is 39.7. The molecule has 0 spiro atoms. The van der Waals surface area contributed by atoms with E-state index < -0.39 is 5.91 Å². The van der Waals surface area contributed by atoms with Crippen molar-refractivity contribution < 1.29 is 14.4 Å². The van der Waals surface area contributed by atoms with E-state index in [9.17, 15) is 14.4 Å². The summed E-state index contributed by atoms with van der Waals surface area (Å²) >= 11 is 1.46. The lowest BCUT2D eigenvalue weighted by Gasteiger charge is -2.26. The van der Waals surface area contributed by atoms with Crippen LogP contribution in [0, 0.1) is 0 Å². The van der Waals surface area contributed by atoms with Crippen molar-refractivity contribution in [3.8, 4) is 0 Å². The second-order valence-corrected chi connectivity index (χ2v) is 8.81. The number of likely N-dealkylation sites (tertiary alicyclic amines) is 1. The van der Waals surface area contributed by atoms with Crippen LogP contribution in [0.15, 0.2) is 24.3 Å². The van der Waals surface area contributed by atoms with Crippen molar-refractivity contribution in [2.75, 3.05) is 11.9 Å². The molecule has 0 radical (unpaired) electrons. The number of hydrogen-bond acceptors (Lipinski definition) is 4. The Morgan fingerprint density at radius 3 is 2.48 bits per heavy atom.